The summed E-state index contributed by atoms with van der Waals surface area (Å²) in [4.78, 5) is 4.28. The molecule has 7 heteroatoms. The Hall–Kier alpha value is -1.41. The molecule has 0 radical (unpaired) electrons. The quantitative estimate of drug-likeness (QED) is 0.718. The molecule has 2 N–H and O–H groups in total. The molecule has 0 amide bonds. The Morgan fingerprint density at radius 2 is 2.21 bits per heavy atom. The van der Waals surface area contributed by atoms with Gasteiger partial charge in [0.05, 0.1) is 37.2 Å². The number of aryl methyl sites for hydroxylation is 1. The number of hydrogen-bond donors (Lipinski definition) is 2. The van der Waals surface area contributed by atoms with Crippen LogP contribution in [0.1, 0.15) is 11.8 Å². The van der Waals surface area contributed by atoms with Gasteiger partial charge in [0.2, 0.25) is 0 Å². The van der Waals surface area contributed by atoms with E-state index in [-0.39, 0.29) is 6.23 Å². The van der Waals surface area contributed by atoms with Gasteiger partial charge in [-0.1, -0.05) is 6.07 Å². The SMILES string of the molecule is Cc1ccc2c(ncn2C2COCCO2)c1B(O)O. The van der Waals surface area contributed by atoms with Crippen molar-refractivity contribution in [1.82, 2.24) is 9.55 Å². The van der Waals surface area contributed by atoms with Crippen LogP contribution in [0.5, 0.6) is 0 Å². The van der Waals surface area contributed by atoms with Crippen LogP contribution in [-0.2, 0) is 9.47 Å². The molecule has 1 atom stereocenters. The van der Waals surface area contributed by atoms with Gasteiger partial charge in [-0.15, -0.1) is 0 Å². The lowest BCUT2D eigenvalue weighted by molar-refractivity contribution is -0.120. The van der Waals surface area contributed by atoms with Crippen molar-refractivity contribution in [2.75, 3.05) is 19.8 Å². The second-order valence-electron chi connectivity index (χ2n) is 4.59. The fourth-order valence-corrected chi connectivity index (χ4v) is 2.41. The average Bonchev–Trinajstić information content (AvgIpc) is 2.82. The maximum atomic E-state index is 9.47. The highest BCUT2D eigenvalue weighted by atomic mass is 16.6. The topological polar surface area (TPSA) is 76.7 Å². The zero-order chi connectivity index (χ0) is 13.4. The lowest BCUT2D eigenvalue weighted by atomic mass is 9.76. The van der Waals surface area contributed by atoms with Crippen molar-refractivity contribution < 1.29 is 19.5 Å². The summed E-state index contributed by atoms with van der Waals surface area (Å²) >= 11 is 0. The number of rotatable bonds is 2. The van der Waals surface area contributed by atoms with E-state index in [1.165, 1.54) is 0 Å². The minimum absolute atomic E-state index is 0.217. The molecule has 0 bridgehead atoms. The highest BCUT2D eigenvalue weighted by Crippen LogP contribution is 2.21. The van der Waals surface area contributed by atoms with Crippen LogP contribution in [0.3, 0.4) is 0 Å². The van der Waals surface area contributed by atoms with Gasteiger partial charge in [-0.3, -0.25) is 0 Å². The molecular formula is C12H15BN2O4. The summed E-state index contributed by atoms with van der Waals surface area (Å²) in [5.74, 6) is 0. The van der Waals surface area contributed by atoms with Gasteiger partial charge in [0, 0.05) is 5.46 Å². The monoisotopic (exact) mass is 262 g/mol. The third-order valence-corrected chi connectivity index (χ3v) is 3.37. The Morgan fingerprint density at radius 3 is 2.89 bits per heavy atom. The molecule has 1 unspecified atom stereocenters. The summed E-state index contributed by atoms with van der Waals surface area (Å²) in [5, 5.41) is 18.9. The van der Waals surface area contributed by atoms with Crippen molar-refractivity contribution in [3.63, 3.8) is 0 Å². The summed E-state index contributed by atoms with van der Waals surface area (Å²) < 4.78 is 12.9. The highest BCUT2D eigenvalue weighted by Gasteiger charge is 2.23. The Labute approximate surface area is 110 Å². The van der Waals surface area contributed by atoms with Gasteiger partial charge in [-0.25, -0.2) is 4.98 Å². The van der Waals surface area contributed by atoms with Crippen molar-refractivity contribution in [3.8, 4) is 0 Å². The number of hydrogen-bond acceptors (Lipinski definition) is 5. The van der Waals surface area contributed by atoms with Crippen molar-refractivity contribution in [1.29, 1.82) is 0 Å². The molecule has 1 aromatic carbocycles. The van der Waals surface area contributed by atoms with Crippen LogP contribution in [0.4, 0.5) is 0 Å². The molecular weight excluding hydrogens is 247 g/mol. The Bertz CT molecular complexity index is 593. The number of benzene rings is 1. The summed E-state index contributed by atoms with van der Waals surface area (Å²) in [6.07, 6.45) is 1.43. The molecule has 0 aliphatic carbocycles. The predicted molar refractivity (Wildman–Crippen MR) is 70.1 cm³/mol. The molecule has 19 heavy (non-hydrogen) atoms. The first-order valence-electron chi connectivity index (χ1n) is 6.20. The number of aromatic nitrogens is 2. The maximum Gasteiger partial charge on any atom is 0.491 e. The van der Waals surface area contributed by atoms with E-state index < -0.39 is 7.12 Å². The fourth-order valence-electron chi connectivity index (χ4n) is 2.41. The van der Waals surface area contributed by atoms with Gasteiger partial charge in [0.25, 0.3) is 0 Å². The first-order chi connectivity index (χ1) is 9.18. The second-order valence-corrected chi connectivity index (χ2v) is 4.59. The van der Waals surface area contributed by atoms with Crippen LogP contribution in [0, 0.1) is 6.92 Å². The standard InChI is InChI=1S/C12H15BN2O4/c1-8-2-3-9-12(11(8)13(16)17)14-7-15(9)10-6-18-4-5-19-10/h2-3,7,10,16-17H,4-6H2,1H3. The molecule has 0 spiro atoms. The van der Waals surface area contributed by atoms with Crippen LogP contribution in [-0.4, -0.2) is 46.5 Å². The molecule has 0 saturated carbocycles. The van der Waals surface area contributed by atoms with Gasteiger partial charge in [0.15, 0.2) is 6.23 Å². The van der Waals surface area contributed by atoms with E-state index in [2.05, 4.69) is 4.98 Å². The Balaban J connectivity index is 2.10. The predicted octanol–water partition coefficient (Wildman–Crippen LogP) is -0.430. The normalized spacial score (nSPS) is 19.8. The Kier molecular flexibility index (Phi) is 3.28. The minimum atomic E-state index is -1.53. The maximum absolute atomic E-state index is 9.47. The average molecular weight is 262 g/mol. The van der Waals surface area contributed by atoms with Crippen LogP contribution in [0.25, 0.3) is 11.0 Å². The molecule has 2 aromatic rings. The first-order valence-corrected chi connectivity index (χ1v) is 6.20. The van der Waals surface area contributed by atoms with Crippen LogP contribution >= 0.6 is 0 Å². The van der Waals surface area contributed by atoms with Crippen molar-refractivity contribution >= 4 is 23.6 Å². The van der Waals surface area contributed by atoms with E-state index in [1.54, 1.807) is 6.33 Å². The summed E-state index contributed by atoms with van der Waals surface area (Å²) in [6, 6.07) is 3.75. The first kappa shape index (κ1) is 12.6. The van der Waals surface area contributed by atoms with Crippen molar-refractivity contribution in [2.24, 2.45) is 0 Å². The van der Waals surface area contributed by atoms with Crippen LogP contribution in [0.2, 0.25) is 0 Å². The zero-order valence-corrected chi connectivity index (χ0v) is 10.6. The fraction of sp³-hybridized carbons (Fsp3) is 0.417. The van der Waals surface area contributed by atoms with Gasteiger partial charge in [-0.2, -0.15) is 0 Å². The molecule has 100 valence electrons. The van der Waals surface area contributed by atoms with Gasteiger partial charge < -0.3 is 24.1 Å². The zero-order valence-electron chi connectivity index (χ0n) is 10.6. The molecule has 2 heterocycles. The smallest absolute Gasteiger partial charge is 0.423 e. The number of nitrogens with zero attached hydrogens (tertiary/aromatic N) is 2. The van der Waals surface area contributed by atoms with Gasteiger partial charge in [0.1, 0.15) is 0 Å². The molecule has 1 fully saturated rings. The van der Waals surface area contributed by atoms with E-state index in [1.807, 2.05) is 23.6 Å². The van der Waals surface area contributed by atoms with Gasteiger partial charge in [-0.05, 0) is 18.6 Å². The third-order valence-electron chi connectivity index (χ3n) is 3.37. The lowest BCUT2D eigenvalue weighted by Gasteiger charge is -2.24. The summed E-state index contributed by atoms with van der Waals surface area (Å²) in [7, 11) is -1.53. The Morgan fingerprint density at radius 1 is 1.37 bits per heavy atom. The summed E-state index contributed by atoms with van der Waals surface area (Å²) in [5.41, 5.74) is 2.63. The molecule has 1 aromatic heterocycles. The molecule has 6 nitrogen and oxygen atoms in total. The van der Waals surface area contributed by atoms with Crippen molar-refractivity contribution in [3.05, 3.63) is 24.0 Å². The highest BCUT2D eigenvalue weighted by molar-refractivity contribution is 6.62. The molecule has 1 saturated heterocycles. The van der Waals surface area contributed by atoms with Crippen LogP contribution < -0.4 is 5.46 Å². The molecule has 1 aliphatic rings. The second kappa shape index (κ2) is 4.94. The van der Waals surface area contributed by atoms with Gasteiger partial charge >= 0.3 is 7.12 Å². The molecule has 1 aliphatic heterocycles. The van der Waals surface area contributed by atoms with E-state index in [4.69, 9.17) is 9.47 Å². The number of ether oxygens (including phenoxy) is 2. The third kappa shape index (κ3) is 2.15. The largest absolute Gasteiger partial charge is 0.491 e. The lowest BCUT2D eigenvalue weighted by Crippen LogP contribution is -2.33. The molecule has 3 rings (SSSR count). The number of fused-ring (bicyclic) bond motifs is 1. The minimum Gasteiger partial charge on any atom is -0.423 e. The number of imidazole rings is 1. The van der Waals surface area contributed by atoms with E-state index >= 15 is 0 Å². The van der Waals surface area contributed by atoms with E-state index in [0.29, 0.717) is 30.8 Å². The van der Waals surface area contributed by atoms with E-state index in [0.717, 1.165) is 11.1 Å². The van der Waals surface area contributed by atoms with Crippen LogP contribution in [0.15, 0.2) is 18.5 Å². The van der Waals surface area contributed by atoms with E-state index in [9.17, 15) is 10.0 Å². The van der Waals surface area contributed by atoms with Crippen molar-refractivity contribution in [2.45, 2.75) is 13.2 Å². The summed E-state index contributed by atoms with van der Waals surface area (Å²) in [6.45, 7) is 3.44.